The molecule has 4 aromatic rings. The standard InChI is InChI=1S/C23H23BrN6O/c1-14-5-6-19(30-25-8-9-26-30)17(11-14)21(31)29-10-4-7-23(29,3)22-27-18-13-16(24)12-15(2)20(18)28-22/h5-6,8-9,11-13H,4,7,10H2,1-3H3,(H,27,28). The maximum absolute atomic E-state index is 13.8. The maximum Gasteiger partial charge on any atom is 0.256 e. The molecule has 1 aliphatic heterocycles. The molecule has 8 heteroatoms. The van der Waals surface area contributed by atoms with Crippen molar-refractivity contribution >= 4 is 32.9 Å². The van der Waals surface area contributed by atoms with E-state index in [0.29, 0.717) is 17.8 Å². The Labute approximate surface area is 188 Å². The molecule has 31 heavy (non-hydrogen) atoms. The number of nitrogens with one attached hydrogen (secondary N) is 1. The van der Waals surface area contributed by atoms with Crippen molar-refractivity contribution in [2.24, 2.45) is 0 Å². The Hall–Kier alpha value is -3.00. The number of carbonyl (C=O) groups excluding carboxylic acids is 1. The monoisotopic (exact) mass is 478 g/mol. The number of benzene rings is 2. The van der Waals surface area contributed by atoms with E-state index in [9.17, 15) is 4.79 Å². The average molecular weight is 479 g/mol. The predicted molar refractivity (Wildman–Crippen MR) is 122 cm³/mol. The van der Waals surface area contributed by atoms with E-state index >= 15 is 0 Å². The summed E-state index contributed by atoms with van der Waals surface area (Å²) in [5.74, 6) is 0.787. The number of aryl methyl sites for hydroxylation is 2. The molecule has 1 saturated heterocycles. The fourth-order valence-electron chi connectivity index (χ4n) is 4.51. The summed E-state index contributed by atoms with van der Waals surface area (Å²) in [6.45, 7) is 6.82. The number of rotatable bonds is 3. The quantitative estimate of drug-likeness (QED) is 0.463. The molecule has 158 valence electrons. The molecule has 1 N–H and O–H groups in total. The number of hydrogen-bond donors (Lipinski definition) is 1. The van der Waals surface area contributed by atoms with Crippen molar-refractivity contribution < 1.29 is 4.79 Å². The number of carbonyl (C=O) groups is 1. The van der Waals surface area contributed by atoms with Crippen LogP contribution in [0.5, 0.6) is 0 Å². The van der Waals surface area contributed by atoms with Gasteiger partial charge in [0.1, 0.15) is 5.82 Å². The molecule has 1 atom stereocenters. The molecule has 1 fully saturated rings. The Morgan fingerprint density at radius 3 is 2.71 bits per heavy atom. The normalized spacial score (nSPS) is 18.8. The van der Waals surface area contributed by atoms with Gasteiger partial charge in [0.25, 0.3) is 5.91 Å². The molecule has 0 saturated carbocycles. The Morgan fingerprint density at radius 2 is 1.94 bits per heavy atom. The van der Waals surface area contributed by atoms with Crippen LogP contribution >= 0.6 is 15.9 Å². The van der Waals surface area contributed by atoms with Gasteiger partial charge in [-0.25, -0.2) is 4.98 Å². The minimum atomic E-state index is -0.520. The summed E-state index contributed by atoms with van der Waals surface area (Å²) >= 11 is 3.56. The number of likely N-dealkylation sites (tertiary alicyclic amines) is 1. The van der Waals surface area contributed by atoms with Crippen LogP contribution in [-0.4, -0.2) is 42.3 Å². The lowest BCUT2D eigenvalue weighted by molar-refractivity contribution is 0.0605. The number of amides is 1. The third-order valence-corrected chi connectivity index (χ3v) is 6.63. The number of H-pyrrole nitrogens is 1. The van der Waals surface area contributed by atoms with E-state index in [0.717, 1.165) is 45.3 Å². The zero-order valence-electron chi connectivity index (χ0n) is 17.7. The van der Waals surface area contributed by atoms with Gasteiger partial charge in [-0.05, 0) is 63.4 Å². The van der Waals surface area contributed by atoms with Gasteiger partial charge in [0.15, 0.2) is 0 Å². The summed E-state index contributed by atoms with van der Waals surface area (Å²) in [6.07, 6.45) is 5.00. The third-order valence-electron chi connectivity index (χ3n) is 6.17. The van der Waals surface area contributed by atoms with Crippen molar-refractivity contribution in [3.8, 4) is 5.69 Å². The number of halogens is 1. The highest BCUT2D eigenvalue weighted by Crippen LogP contribution is 2.40. The number of nitrogens with zero attached hydrogens (tertiary/aromatic N) is 5. The lowest BCUT2D eigenvalue weighted by Gasteiger charge is -2.34. The molecular weight excluding hydrogens is 456 g/mol. The lowest BCUT2D eigenvalue weighted by atomic mass is 9.96. The zero-order valence-corrected chi connectivity index (χ0v) is 19.3. The molecule has 2 aromatic heterocycles. The second kappa shape index (κ2) is 7.30. The summed E-state index contributed by atoms with van der Waals surface area (Å²) in [5, 5.41) is 8.48. The summed E-state index contributed by atoms with van der Waals surface area (Å²) in [7, 11) is 0. The molecule has 7 nitrogen and oxygen atoms in total. The number of aromatic nitrogens is 5. The first-order chi connectivity index (χ1) is 14.9. The van der Waals surface area contributed by atoms with E-state index in [1.165, 1.54) is 4.80 Å². The molecular formula is C23H23BrN6O. The van der Waals surface area contributed by atoms with Gasteiger partial charge in [-0.1, -0.05) is 27.6 Å². The van der Waals surface area contributed by atoms with Crippen LogP contribution in [-0.2, 0) is 5.54 Å². The maximum atomic E-state index is 13.8. The van der Waals surface area contributed by atoms with Crippen molar-refractivity contribution in [2.45, 2.75) is 39.2 Å². The highest BCUT2D eigenvalue weighted by atomic mass is 79.9. The largest absolute Gasteiger partial charge is 0.340 e. The third kappa shape index (κ3) is 3.26. The van der Waals surface area contributed by atoms with Crippen LogP contribution in [0.1, 0.15) is 47.1 Å². The van der Waals surface area contributed by atoms with Gasteiger partial charge in [-0.2, -0.15) is 15.0 Å². The van der Waals surface area contributed by atoms with Crippen LogP contribution in [0.2, 0.25) is 0 Å². The van der Waals surface area contributed by atoms with E-state index in [1.54, 1.807) is 12.4 Å². The highest BCUT2D eigenvalue weighted by Gasteiger charge is 2.44. The fourth-order valence-corrected chi connectivity index (χ4v) is 5.07. The van der Waals surface area contributed by atoms with Crippen LogP contribution in [0.4, 0.5) is 0 Å². The van der Waals surface area contributed by atoms with Gasteiger partial charge in [0, 0.05) is 11.0 Å². The number of aromatic amines is 1. The summed E-state index contributed by atoms with van der Waals surface area (Å²) in [5.41, 5.74) is 4.81. The van der Waals surface area contributed by atoms with Crippen molar-refractivity contribution in [3.63, 3.8) is 0 Å². The van der Waals surface area contributed by atoms with Crippen molar-refractivity contribution in [1.29, 1.82) is 0 Å². The Bertz CT molecular complexity index is 1300. The van der Waals surface area contributed by atoms with Gasteiger partial charge in [-0.3, -0.25) is 4.79 Å². The van der Waals surface area contributed by atoms with E-state index in [4.69, 9.17) is 4.98 Å². The minimum Gasteiger partial charge on any atom is -0.340 e. The van der Waals surface area contributed by atoms with E-state index in [2.05, 4.69) is 51.0 Å². The molecule has 0 spiro atoms. The number of imidazole rings is 1. The molecule has 2 aromatic carbocycles. The van der Waals surface area contributed by atoms with Gasteiger partial charge in [0.2, 0.25) is 0 Å². The fraction of sp³-hybridized carbons (Fsp3) is 0.304. The van der Waals surface area contributed by atoms with Gasteiger partial charge in [0.05, 0.1) is 40.2 Å². The zero-order chi connectivity index (χ0) is 21.8. The molecule has 0 radical (unpaired) electrons. The van der Waals surface area contributed by atoms with Gasteiger partial charge in [-0.15, -0.1) is 0 Å². The van der Waals surface area contributed by atoms with Crippen molar-refractivity contribution in [2.75, 3.05) is 6.54 Å². The first-order valence-electron chi connectivity index (χ1n) is 10.3. The van der Waals surface area contributed by atoms with Crippen LogP contribution in [0.25, 0.3) is 16.7 Å². The molecule has 1 unspecified atom stereocenters. The molecule has 3 heterocycles. The van der Waals surface area contributed by atoms with Crippen LogP contribution in [0.15, 0.2) is 47.2 Å². The first-order valence-corrected chi connectivity index (χ1v) is 11.1. The van der Waals surface area contributed by atoms with Crippen molar-refractivity contribution in [3.05, 3.63) is 69.7 Å². The van der Waals surface area contributed by atoms with E-state index < -0.39 is 5.54 Å². The average Bonchev–Trinajstić information content (AvgIpc) is 3.47. The Balaban J connectivity index is 1.59. The van der Waals surface area contributed by atoms with Crippen LogP contribution in [0.3, 0.4) is 0 Å². The Morgan fingerprint density at radius 1 is 1.16 bits per heavy atom. The summed E-state index contributed by atoms with van der Waals surface area (Å²) < 4.78 is 0.996. The summed E-state index contributed by atoms with van der Waals surface area (Å²) in [6, 6.07) is 9.87. The van der Waals surface area contributed by atoms with Crippen LogP contribution in [0, 0.1) is 13.8 Å². The predicted octanol–water partition coefficient (Wildman–Crippen LogP) is 4.67. The van der Waals surface area contributed by atoms with Gasteiger partial charge >= 0.3 is 0 Å². The van der Waals surface area contributed by atoms with E-state index in [1.807, 2.05) is 36.1 Å². The lowest BCUT2D eigenvalue weighted by Crippen LogP contribution is -2.44. The topological polar surface area (TPSA) is 79.7 Å². The van der Waals surface area contributed by atoms with Crippen LogP contribution < -0.4 is 0 Å². The smallest absolute Gasteiger partial charge is 0.256 e. The van der Waals surface area contributed by atoms with E-state index in [-0.39, 0.29) is 5.91 Å². The van der Waals surface area contributed by atoms with Crippen molar-refractivity contribution in [1.82, 2.24) is 29.9 Å². The number of fused-ring (bicyclic) bond motifs is 1. The highest BCUT2D eigenvalue weighted by molar-refractivity contribution is 9.10. The molecule has 5 rings (SSSR count). The molecule has 0 bridgehead atoms. The summed E-state index contributed by atoms with van der Waals surface area (Å²) in [4.78, 5) is 25.7. The Kier molecular flexibility index (Phi) is 4.69. The number of hydrogen-bond acceptors (Lipinski definition) is 4. The molecule has 0 aliphatic carbocycles. The second-order valence-corrected chi connectivity index (χ2v) is 9.29. The minimum absolute atomic E-state index is 0.0330. The molecule has 1 aliphatic rings. The first kappa shape index (κ1) is 19.9. The second-order valence-electron chi connectivity index (χ2n) is 8.38. The van der Waals surface area contributed by atoms with Gasteiger partial charge < -0.3 is 9.88 Å². The molecule has 1 amide bonds. The SMILES string of the molecule is Cc1ccc(-n2nccn2)c(C(=O)N2CCCC2(C)c2nc3cc(Br)cc(C)c3[nH]2)c1.